The van der Waals surface area contributed by atoms with Crippen molar-refractivity contribution in [3.63, 3.8) is 0 Å². The Hall–Kier alpha value is -0.530. The number of amides is 1. The largest absolute Gasteiger partial charge is 0.480 e. The molecule has 0 aliphatic heterocycles. The second kappa shape index (κ2) is 6.93. The maximum Gasteiger partial charge on any atom is 0.327 e. The van der Waals surface area contributed by atoms with Crippen molar-refractivity contribution in [2.75, 3.05) is 5.75 Å². The van der Waals surface area contributed by atoms with E-state index in [1.54, 1.807) is 11.3 Å². The summed E-state index contributed by atoms with van der Waals surface area (Å²) in [6.07, 6.45) is 0.418. The first-order valence-electron chi connectivity index (χ1n) is 4.38. The van der Waals surface area contributed by atoms with Crippen molar-refractivity contribution in [1.82, 2.24) is 5.32 Å². The lowest BCUT2D eigenvalue weighted by molar-refractivity contribution is -0.139. The summed E-state index contributed by atoms with van der Waals surface area (Å²) in [6.45, 7) is 0. The Bertz CT molecular complexity index is 369. The number of thioether (sulfide) groups is 1. The summed E-state index contributed by atoms with van der Waals surface area (Å²) >= 11 is 6.46. The van der Waals surface area contributed by atoms with Crippen LogP contribution in [0.15, 0.2) is 15.9 Å². The molecule has 1 aromatic rings. The first-order valence-corrected chi connectivity index (χ1v) is 7.14. The topological polar surface area (TPSA) is 66.4 Å². The molecule has 7 heteroatoms. The first kappa shape index (κ1) is 13.5. The highest BCUT2D eigenvalue weighted by Gasteiger charge is 2.15. The summed E-state index contributed by atoms with van der Waals surface area (Å²) < 4.78 is 1.06. The maximum absolute atomic E-state index is 10.7. The Balaban J connectivity index is 2.33. The molecule has 0 saturated carbocycles. The Labute approximate surface area is 110 Å². The number of carbonyl (C=O) groups excluding carboxylic acids is 1. The molecule has 2 N–H and O–H groups in total. The molecule has 0 bridgehead atoms. The third kappa shape index (κ3) is 4.54. The van der Waals surface area contributed by atoms with Gasteiger partial charge in [0.05, 0.1) is 3.79 Å². The van der Waals surface area contributed by atoms with Crippen LogP contribution in [0.1, 0.15) is 4.88 Å². The summed E-state index contributed by atoms with van der Waals surface area (Å²) in [6, 6.07) is 3.13. The number of rotatable bonds is 7. The number of hydrogen-bond donors (Lipinski definition) is 2. The molecule has 0 saturated heterocycles. The molecule has 0 fully saturated rings. The molecule has 4 nitrogen and oxygen atoms in total. The summed E-state index contributed by atoms with van der Waals surface area (Å²) in [4.78, 5) is 22.0. The fourth-order valence-electron chi connectivity index (χ4n) is 0.980. The second-order valence-electron chi connectivity index (χ2n) is 2.90. The Morgan fingerprint density at radius 2 is 2.44 bits per heavy atom. The predicted octanol–water partition coefficient (Wildman–Crippen LogP) is 1.94. The van der Waals surface area contributed by atoms with E-state index in [0.717, 1.165) is 9.54 Å². The number of hydrogen-bond acceptors (Lipinski definition) is 4. The molecule has 1 amide bonds. The van der Waals surface area contributed by atoms with Gasteiger partial charge in [-0.2, -0.15) is 11.8 Å². The van der Waals surface area contributed by atoms with E-state index in [1.807, 2.05) is 12.1 Å². The summed E-state index contributed by atoms with van der Waals surface area (Å²) in [5.74, 6) is 0.108. The van der Waals surface area contributed by atoms with E-state index in [0.29, 0.717) is 12.2 Å². The van der Waals surface area contributed by atoms with Crippen LogP contribution in [0.25, 0.3) is 0 Å². The van der Waals surface area contributed by atoms with E-state index in [1.165, 1.54) is 16.6 Å². The quantitative estimate of drug-likeness (QED) is 0.752. The molecule has 1 aromatic heterocycles. The number of carbonyl (C=O) groups is 2. The van der Waals surface area contributed by atoms with Crippen LogP contribution < -0.4 is 5.32 Å². The molecule has 1 unspecified atom stereocenters. The molecule has 0 aliphatic rings. The lowest BCUT2D eigenvalue weighted by Crippen LogP contribution is -2.37. The van der Waals surface area contributed by atoms with Crippen molar-refractivity contribution in [2.45, 2.75) is 11.8 Å². The number of nitrogens with one attached hydrogen (secondary N) is 1. The summed E-state index contributed by atoms with van der Waals surface area (Å²) in [7, 11) is 0. The van der Waals surface area contributed by atoms with Crippen molar-refractivity contribution >= 4 is 51.4 Å². The first-order chi connectivity index (χ1) is 7.63. The maximum atomic E-state index is 10.7. The van der Waals surface area contributed by atoms with Crippen LogP contribution >= 0.6 is 39.0 Å². The second-order valence-corrected chi connectivity index (χ2v) is 6.47. The zero-order chi connectivity index (χ0) is 12.0. The number of carboxylic acids is 1. The van der Waals surface area contributed by atoms with Gasteiger partial charge in [0.2, 0.25) is 6.41 Å². The molecule has 88 valence electrons. The summed E-state index contributed by atoms with van der Waals surface area (Å²) in [5.41, 5.74) is 0. The third-order valence-corrected chi connectivity index (χ3v) is 4.62. The fraction of sp³-hybridized carbons (Fsp3) is 0.333. The Kier molecular flexibility index (Phi) is 5.86. The predicted molar refractivity (Wildman–Crippen MR) is 68.8 cm³/mol. The average molecular weight is 324 g/mol. The standard InChI is InChI=1S/C9H10BrNO3S2/c10-8-2-1-6(16-8)3-15-4-7(9(13)14)11-5-12/h1-2,5,7H,3-4H2,(H,11,12)(H,13,14). The monoisotopic (exact) mass is 323 g/mol. The minimum Gasteiger partial charge on any atom is -0.480 e. The molecule has 1 rings (SSSR count). The minimum atomic E-state index is -1.01. The van der Waals surface area contributed by atoms with Crippen LogP contribution in [-0.2, 0) is 15.3 Å². The molecule has 0 radical (unpaired) electrons. The van der Waals surface area contributed by atoms with Crippen LogP contribution in [0.2, 0.25) is 0 Å². The number of thiophene rings is 1. The number of aliphatic carboxylic acids is 1. The normalized spacial score (nSPS) is 12.1. The Morgan fingerprint density at radius 3 is 2.94 bits per heavy atom. The lowest BCUT2D eigenvalue weighted by Gasteiger charge is -2.09. The van der Waals surface area contributed by atoms with Gasteiger partial charge >= 0.3 is 5.97 Å². The minimum absolute atomic E-state index is 0.365. The fourth-order valence-corrected chi connectivity index (χ4v) is 3.63. The average Bonchev–Trinajstić information content (AvgIpc) is 2.63. The van der Waals surface area contributed by atoms with E-state index >= 15 is 0 Å². The van der Waals surface area contributed by atoms with Gasteiger partial charge in [0.25, 0.3) is 0 Å². The van der Waals surface area contributed by atoms with Crippen LogP contribution in [0.3, 0.4) is 0 Å². The van der Waals surface area contributed by atoms with Gasteiger partial charge in [-0.1, -0.05) is 0 Å². The van der Waals surface area contributed by atoms with Gasteiger partial charge in [0, 0.05) is 16.4 Å². The van der Waals surface area contributed by atoms with Crippen molar-refractivity contribution in [3.8, 4) is 0 Å². The highest BCUT2D eigenvalue weighted by atomic mass is 79.9. The van der Waals surface area contributed by atoms with E-state index in [4.69, 9.17) is 5.11 Å². The zero-order valence-corrected chi connectivity index (χ0v) is 11.4. The third-order valence-electron chi connectivity index (χ3n) is 1.73. The van der Waals surface area contributed by atoms with Crippen molar-refractivity contribution in [3.05, 3.63) is 20.8 Å². The zero-order valence-electron chi connectivity index (χ0n) is 8.18. The molecule has 0 aliphatic carbocycles. The van der Waals surface area contributed by atoms with Gasteiger partial charge in [0.15, 0.2) is 0 Å². The van der Waals surface area contributed by atoms with Gasteiger partial charge in [-0.05, 0) is 28.1 Å². The van der Waals surface area contributed by atoms with Crippen molar-refractivity contribution in [2.24, 2.45) is 0 Å². The highest BCUT2D eigenvalue weighted by Crippen LogP contribution is 2.25. The van der Waals surface area contributed by atoms with Crippen LogP contribution in [0.4, 0.5) is 0 Å². The van der Waals surface area contributed by atoms with Crippen molar-refractivity contribution in [1.29, 1.82) is 0 Å². The molecule has 1 heterocycles. The lowest BCUT2D eigenvalue weighted by atomic mass is 10.3. The van der Waals surface area contributed by atoms with E-state index in [-0.39, 0.29) is 0 Å². The Morgan fingerprint density at radius 1 is 1.69 bits per heavy atom. The van der Waals surface area contributed by atoms with Crippen molar-refractivity contribution < 1.29 is 14.7 Å². The van der Waals surface area contributed by atoms with Crippen LogP contribution in [0, 0.1) is 0 Å². The van der Waals surface area contributed by atoms with E-state index < -0.39 is 12.0 Å². The molecular formula is C9H10BrNO3S2. The number of carboxylic acid groups (broad SMARTS) is 1. The number of halogens is 1. The van der Waals surface area contributed by atoms with Gasteiger partial charge in [-0.25, -0.2) is 4.79 Å². The summed E-state index contributed by atoms with van der Waals surface area (Å²) in [5, 5.41) is 11.0. The molecule has 1 atom stereocenters. The van der Waals surface area contributed by atoms with Gasteiger partial charge < -0.3 is 10.4 Å². The molecular weight excluding hydrogens is 314 g/mol. The SMILES string of the molecule is O=CNC(CSCc1ccc(Br)s1)C(=O)O. The van der Waals surface area contributed by atoms with E-state index in [2.05, 4.69) is 21.2 Å². The smallest absolute Gasteiger partial charge is 0.327 e. The van der Waals surface area contributed by atoms with Gasteiger partial charge in [-0.15, -0.1) is 11.3 Å². The van der Waals surface area contributed by atoms with E-state index in [9.17, 15) is 9.59 Å². The van der Waals surface area contributed by atoms with Gasteiger partial charge in [-0.3, -0.25) is 4.79 Å². The molecule has 0 aromatic carbocycles. The van der Waals surface area contributed by atoms with Crippen LogP contribution in [0.5, 0.6) is 0 Å². The molecule has 16 heavy (non-hydrogen) atoms. The van der Waals surface area contributed by atoms with Gasteiger partial charge in [0.1, 0.15) is 6.04 Å². The molecule has 0 spiro atoms. The highest BCUT2D eigenvalue weighted by molar-refractivity contribution is 9.11. The van der Waals surface area contributed by atoms with Crippen LogP contribution in [-0.4, -0.2) is 29.3 Å².